The molecule has 0 aromatic heterocycles. The molecule has 1 N–H and O–H groups in total. The Morgan fingerprint density at radius 1 is 1.17 bits per heavy atom. The standard InChI is InChI=1S/C30H42O5/c1-4-20-12-13-25-29(2,24(20)15-17-33-23-11-7-10-22(18-23)27(31)32)16-14-26-30(25,3)19-34-28(35-26)21-8-5-6-9-21/h4,7,10-11,18,21,24-26,28H,5-6,8-9,12-17,19H2,1-3H3,(H,31,32)/b20-4+/t24-,25?,26-,28-,29+,30+/m1/s1. The maximum atomic E-state index is 11.3. The SMILES string of the molecule is C/C=C1\CCC2[C@]3(C)CO[C@@H](C4CCCC4)O[C@@H]3CC[C@@]2(C)[C@@H]1CCOc1cccc(C(=O)O)c1. The topological polar surface area (TPSA) is 65.0 Å². The number of rotatable bonds is 6. The van der Waals surface area contributed by atoms with Crippen LogP contribution >= 0.6 is 0 Å². The molecule has 1 aromatic carbocycles. The van der Waals surface area contributed by atoms with Crippen LogP contribution in [0.25, 0.3) is 0 Å². The molecule has 0 bridgehead atoms. The summed E-state index contributed by atoms with van der Waals surface area (Å²) in [5, 5.41) is 9.28. The molecule has 0 radical (unpaired) electrons. The molecule has 1 saturated heterocycles. The summed E-state index contributed by atoms with van der Waals surface area (Å²) in [7, 11) is 0. The van der Waals surface area contributed by atoms with Crippen LogP contribution in [0.3, 0.4) is 0 Å². The van der Waals surface area contributed by atoms with Gasteiger partial charge in [-0.25, -0.2) is 4.79 Å². The number of hydrogen-bond donors (Lipinski definition) is 1. The third-order valence-electron chi connectivity index (χ3n) is 10.0. The average molecular weight is 483 g/mol. The molecule has 192 valence electrons. The van der Waals surface area contributed by atoms with Crippen LogP contribution in [0.4, 0.5) is 0 Å². The van der Waals surface area contributed by atoms with Crippen LogP contribution in [-0.2, 0) is 9.47 Å². The van der Waals surface area contributed by atoms with Gasteiger partial charge in [0.1, 0.15) is 5.75 Å². The number of carbonyl (C=O) groups is 1. The van der Waals surface area contributed by atoms with Crippen molar-refractivity contribution in [3.63, 3.8) is 0 Å². The fourth-order valence-electron chi connectivity index (χ4n) is 8.14. The van der Waals surface area contributed by atoms with Gasteiger partial charge in [-0.1, -0.05) is 44.4 Å². The van der Waals surface area contributed by atoms with Crippen molar-refractivity contribution in [1.29, 1.82) is 0 Å². The van der Waals surface area contributed by atoms with E-state index in [1.165, 1.54) is 38.5 Å². The predicted octanol–water partition coefficient (Wildman–Crippen LogP) is 6.86. The minimum Gasteiger partial charge on any atom is -0.494 e. The Morgan fingerprint density at radius 2 is 1.97 bits per heavy atom. The molecule has 5 rings (SSSR count). The number of carboxylic acids is 1. The molecule has 35 heavy (non-hydrogen) atoms. The normalized spacial score (nSPS) is 38.7. The van der Waals surface area contributed by atoms with Crippen LogP contribution in [0, 0.1) is 28.6 Å². The summed E-state index contributed by atoms with van der Waals surface area (Å²) >= 11 is 0. The van der Waals surface area contributed by atoms with Gasteiger partial charge in [-0.3, -0.25) is 0 Å². The van der Waals surface area contributed by atoms with Gasteiger partial charge in [0, 0.05) is 11.3 Å². The van der Waals surface area contributed by atoms with Crippen molar-refractivity contribution < 1.29 is 24.1 Å². The summed E-state index contributed by atoms with van der Waals surface area (Å²) in [6.45, 7) is 8.51. The van der Waals surface area contributed by atoms with E-state index in [0.717, 1.165) is 25.9 Å². The van der Waals surface area contributed by atoms with E-state index in [9.17, 15) is 9.90 Å². The Hall–Kier alpha value is -1.85. The second-order valence-electron chi connectivity index (χ2n) is 11.9. The maximum absolute atomic E-state index is 11.3. The summed E-state index contributed by atoms with van der Waals surface area (Å²) in [5.74, 6) is 1.30. The molecule has 6 atom stereocenters. The number of fused-ring (bicyclic) bond motifs is 3. The molecule has 1 heterocycles. The maximum Gasteiger partial charge on any atom is 0.335 e. The third kappa shape index (κ3) is 4.55. The lowest BCUT2D eigenvalue weighted by atomic mass is 9.46. The van der Waals surface area contributed by atoms with Crippen LogP contribution in [0.1, 0.15) is 88.9 Å². The molecule has 4 fully saturated rings. The number of benzene rings is 1. The highest BCUT2D eigenvalue weighted by molar-refractivity contribution is 5.87. The zero-order chi connectivity index (χ0) is 24.6. The summed E-state index contributed by atoms with van der Waals surface area (Å²) < 4.78 is 19.3. The zero-order valence-corrected chi connectivity index (χ0v) is 21.6. The lowest BCUT2D eigenvalue weighted by Crippen LogP contribution is -2.62. The van der Waals surface area contributed by atoms with Gasteiger partial charge in [0.15, 0.2) is 6.29 Å². The van der Waals surface area contributed by atoms with Crippen LogP contribution in [-0.4, -0.2) is 36.7 Å². The predicted molar refractivity (Wildman–Crippen MR) is 136 cm³/mol. The van der Waals surface area contributed by atoms with E-state index in [0.29, 0.717) is 36.2 Å². The smallest absolute Gasteiger partial charge is 0.335 e. The Kier molecular flexibility index (Phi) is 7.02. The fourth-order valence-corrected chi connectivity index (χ4v) is 8.14. The van der Waals surface area contributed by atoms with Crippen molar-refractivity contribution >= 4 is 5.97 Å². The Morgan fingerprint density at radius 3 is 2.71 bits per heavy atom. The quantitative estimate of drug-likeness (QED) is 0.449. The molecule has 3 saturated carbocycles. The van der Waals surface area contributed by atoms with Crippen molar-refractivity contribution in [2.24, 2.45) is 28.6 Å². The lowest BCUT2D eigenvalue weighted by Gasteiger charge is -2.63. The van der Waals surface area contributed by atoms with Crippen molar-refractivity contribution in [1.82, 2.24) is 0 Å². The van der Waals surface area contributed by atoms with Crippen molar-refractivity contribution in [2.45, 2.75) is 91.0 Å². The average Bonchev–Trinajstić information content (AvgIpc) is 3.39. The summed E-state index contributed by atoms with van der Waals surface area (Å²) in [5.41, 5.74) is 2.05. The minimum atomic E-state index is -0.925. The van der Waals surface area contributed by atoms with Gasteiger partial charge in [-0.15, -0.1) is 0 Å². The van der Waals surface area contributed by atoms with Crippen LogP contribution in [0.5, 0.6) is 5.75 Å². The Bertz CT molecular complexity index is 950. The van der Waals surface area contributed by atoms with E-state index in [1.54, 1.807) is 23.8 Å². The zero-order valence-electron chi connectivity index (χ0n) is 21.6. The van der Waals surface area contributed by atoms with Gasteiger partial charge in [0.05, 0.1) is 24.9 Å². The van der Waals surface area contributed by atoms with Gasteiger partial charge in [-0.2, -0.15) is 0 Å². The molecule has 1 unspecified atom stereocenters. The van der Waals surface area contributed by atoms with Crippen LogP contribution in [0.15, 0.2) is 35.9 Å². The van der Waals surface area contributed by atoms with Crippen LogP contribution < -0.4 is 4.74 Å². The monoisotopic (exact) mass is 482 g/mol. The molecular formula is C30H42O5. The molecule has 5 nitrogen and oxygen atoms in total. The molecule has 1 aromatic rings. The number of ether oxygens (including phenoxy) is 3. The number of allylic oxidation sites excluding steroid dienone is 2. The lowest BCUT2D eigenvalue weighted by molar-refractivity contribution is -0.316. The molecule has 0 spiro atoms. The fraction of sp³-hybridized carbons (Fsp3) is 0.700. The first kappa shape index (κ1) is 24.8. The van der Waals surface area contributed by atoms with Gasteiger partial charge < -0.3 is 19.3 Å². The number of hydrogen-bond acceptors (Lipinski definition) is 4. The first-order valence-electron chi connectivity index (χ1n) is 13.7. The van der Waals surface area contributed by atoms with E-state index < -0.39 is 5.97 Å². The first-order chi connectivity index (χ1) is 16.8. The van der Waals surface area contributed by atoms with Crippen LogP contribution in [0.2, 0.25) is 0 Å². The number of carboxylic acid groups (broad SMARTS) is 1. The van der Waals surface area contributed by atoms with E-state index >= 15 is 0 Å². The van der Waals surface area contributed by atoms with Gasteiger partial charge in [-0.05, 0) is 87.3 Å². The second kappa shape index (κ2) is 9.89. The van der Waals surface area contributed by atoms with E-state index in [-0.39, 0.29) is 22.7 Å². The summed E-state index contributed by atoms with van der Waals surface area (Å²) in [6, 6.07) is 6.81. The highest BCUT2D eigenvalue weighted by Gasteiger charge is 2.60. The van der Waals surface area contributed by atoms with E-state index in [4.69, 9.17) is 14.2 Å². The molecular weight excluding hydrogens is 440 g/mol. The Balaban J connectivity index is 1.30. The van der Waals surface area contributed by atoms with E-state index in [2.05, 4.69) is 26.8 Å². The number of aromatic carboxylic acids is 1. The summed E-state index contributed by atoms with van der Waals surface area (Å²) in [6.07, 6.45) is 13.3. The molecule has 4 aliphatic rings. The van der Waals surface area contributed by atoms with Gasteiger partial charge in [0.25, 0.3) is 0 Å². The molecule has 3 aliphatic carbocycles. The van der Waals surface area contributed by atoms with Crippen molar-refractivity contribution in [2.75, 3.05) is 13.2 Å². The Labute approximate surface area is 210 Å². The van der Waals surface area contributed by atoms with E-state index in [1.807, 2.05) is 6.07 Å². The second-order valence-corrected chi connectivity index (χ2v) is 11.9. The highest BCUT2D eigenvalue weighted by atomic mass is 16.7. The van der Waals surface area contributed by atoms with Crippen molar-refractivity contribution in [3.8, 4) is 5.75 Å². The van der Waals surface area contributed by atoms with Crippen molar-refractivity contribution in [3.05, 3.63) is 41.5 Å². The molecule has 0 amide bonds. The molecule has 1 aliphatic heterocycles. The van der Waals surface area contributed by atoms with Gasteiger partial charge in [0.2, 0.25) is 0 Å². The first-order valence-corrected chi connectivity index (χ1v) is 13.7. The van der Waals surface area contributed by atoms with Gasteiger partial charge >= 0.3 is 5.97 Å². The molecule has 5 heteroatoms. The minimum absolute atomic E-state index is 0.000355. The highest BCUT2D eigenvalue weighted by Crippen LogP contribution is 2.63. The largest absolute Gasteiger partial charge is 0.494 e. The third-order valence-corrected chi connectivity index (χ3v) is 10.0. The summed E-state index contributed by atoms with van der Waals surface area (Å²) in [4.78, 5) is 11.3.